The van der Waals surface area contributed by atoms with Gasteiger partial charge in [-0.1, -0.05) is 30.3 Å². The van der Waals surface area contributed by atoms with Gasteiger partial charge >= 0.3 is 18.0 Å². The van der Waals surface area contributed by atoms with Gasteiger partial charge in [-0.05, 0) is 33.3 Å². The molecule has 1 aromatic carbocycles. The van der Waals surface area contributed by atoms with Crippen LogP contribution in [0.25, 0.3) is 0 Å². The molecule has 1 aromatic rings. The molecular weight excluding hydrogens is 380 g/mol. The zero-order valence-corrected chi connectivity index (χ0v) is 17.3. The number of nitrogens with one attached hydrogen (secondary N) is 2. The van der Waals surface area contributed by atoms with Gasteiger partial charge in [0.05, 0.1) is 19.6 Å². The second-order valence-electron chi connectivity index (χ2n) is 7.30. The maximum atomic E-state index is 12.5. The van der Waals surface area contributed by atoms with Crippen molar-refractivity contribution in [2.75, 3.05) is 13.7 Å². The lowest BCUT2D eigenvalue weighted by molar-refractivity contribution is -0.157. The van der Waals surface area contributed by atoms with Crippen molar-refractivity contribution in [3.05, 3.63) is 35.9 Å². The third-order valence-corrected chi connectivity index (χ3v) is 3.54. The van der Waals surface area contributed by atoms with Crippen LogP contribution < -0.4 is 10.6 Å². The van der Waals surface area contributed by atoms with Crippen LogP contribution in [0.3, 0.4) is 0 Å². The SMILES string of the molecule is COC(=O)CNC(=O)C(OC(=O)Cc1ccccc1)[C@H](C)NC(=O)OC(C)(C)C. The Balaban J connectivity index is 2.83. The Bertz CT molecular complexity index is 713. The van der Waals surface area contributed by atoms with Crippen LogP contribution in [0.15, 0.2) is 30.3 Å². The van der Waals surface area contributed by atoms with Crippen molar-refractivity contribution in [1.82, 2.24) is 10.6 Å². The standard InChI is InChI=1S/C20H28N2O7/c1-13(22-19(26)29-20(2,3)4)17(18(25)21-12-16(24)27-5)28-15(23)11-14-9-7-6-8-10-14/h6-10,13,17H,11-12H2,1-5H3,(H,21,25)(H,22,26)/t13-,17?/m0/s1. The lowest BCUT2D eigenvalue weighted by Gasteiger charge is -2.26. The molecule has 0 fully saturated rings. The highest BCUT2D eigenvalue weighted by atomic mass is 16.6. The molecule has 0 spiro atoms. The molecule has 1 unspecified atom stereocenters. The van der Waals surface area contributed by atoms with E-state index in [-0.39, 0.29) is 6.42 Å². The second kappa shape index (κ2) is 11.0. The number of carbonyl (C=O) groups is 4. The van der Waals surface area contributed by atoms with Gasteiger partial charge in [-0.15, -0.1) is 0 Å². The van der Waals surface area contributed by atoms with Crippen LogP contribution in [0.2, 0.25) is 0 Å². The first-order valence-corrected chi connectivity index (χ1v) is 9.09. The molecule has 0 aromatic heterocycles. The highest BCUT2D eigenvalue weighted by molar-refractivity contribution is 5.88. The molecule has 2 atom stereocenters. The fourth-order valence-corrected chi connectivity index (χ4v) is 2.23. The van der Waals surface area contributed by atoms with Crippen LogP contribution in [-0.2, 0) is 35.0 Å². The van der Waals surface area contributed by atoms with E-state index in [0.717, 1.165) is 0 Å². The third kappa shape index (κ3) is 9.59. The normalized spacial score (nSPS) is 12.9. The van der Waals surface area contributed by atoms with Gasteiger partial charge in [0.15, 0.2) is 6.10 Å². The summed E-state index contributed by atoms with van der Waals surface area (Å²) in [5, 5.41) is 4.80. The Morgan fingerprint density at radius 2 is 1.66 bits per heavy atom. The second-order valence-corrected chi connectivity index (χ2v) is 7.30. The summed E-state index contributed by atoms with van der Waals surface area (Å²) in [5.41, 5.74) is -0.0323. The number of methoxy groups -OCH3 is 1. The van der Waals surface area contributed by atoms with E-state index in [0.29, 0.717) is 5.56 Å². The monoisotopic (exact) mass is 408 g/mol. The van der Waals surface area contributed by atoms with E-state index in [2.05, 4.69) is 15.4 Å². The molecule has 0 heterocycles. The van der Waals surface area contributed by atoms with Gasteiger partial charge in [0.2, 0.25) is 0 Å². The van der Waals surface area contributed by atoms with Crippen LogP contribution in [-0.4, -0.2) is 55.3 Å². The molecule has 9 nitrogen and oxygen atoms in total. The fourth-order valence-electron chi connectivity index (χ4n) is 2.23. The highest BCUT2D eigenvalue weighted by Crippen LogP contribution is 2.09. The number of amides is 2. The quantitative estimate of drug-likeness (QED) is 0.492. The molecule has 0 saturated carbocycles. The van der Waals surface area contributed by atoms with E-state index in [1.54, 1.807) is 45.0 Å². The molecule has 0 aliphatic rings. The van der Waals surface area contributed by atoms with Crippen LogP contribution in [0, 0.1) is 0 Å². The number of hydrogen-bond donors (Lipinski definition) is 2. The summed E-state index contributed by atoms with van der Waals surface area (Å²) < 4.78 is 14.9. The maximum absolute atomic E-state index is 12.5. The Labute approximate surface area is 170 Å². The summed E-state index contributed by atoms with van der Waals surface area (Å²) >= 11 is 0. The molecule has 29 heavy (non-hydrogen) atoms. The summed E-state index contributed by atoms with van der Waals surface area (Å²) in [5.74, 6) is -2.08. The smallest absolute Gasteiger partial charge is 0.408 e. The Hall–Kier alpha value is -3.10. The van der Waals surface area contributed by atoms with Gasteiger partial charge in [-0.2, -0.15) is 0 Å². The number of benzene rings is 1. The van der Waals surface area contributed by atoms with Crippen LogP contribution in [0.4, 0.5) is 4.79 Å². The first-order valence-electron chi connectivity index (χ1n) is 9.09. The number of carbonyl (C=O) groups excluding carboxylic acids is 4. The van der Waals surface area contributed by atoms with Crippen molar-refractivity contribution in [1.29, 1.82) is 0 Å². The Kier molecular flexibility index (Phi) is 9.11. The van der Waals surface area contributed by atoms with Crippen molar-refractivity contribution in [3.63, 3.8) is 0 Å². The summed E-state index contributed by atoms with van der Waals surface area (Å²) in [7, 11) is 1.18. The molecule has 2 amide bonds. The predicted molar refractivity (Wildman–Crippen MR) is 104 cm³/mol. The van der Waals surface area contributed by atoms with E-state index in [1.165, 1.54) is 14.0 Å². The van der Waals surface area contributed by atoms with E-state index < -0.39 is 48.2 Å². The zero-order chi connectivity index (χ0) is 22.0. The van der Waals surface area contributed by atoms with Crippen molar-refractivity contribution in [2.24, 2.45) is 0 Å². The number of alkyl carbamates (subject to hydrolysis) is 1. The molecule has 1 rings (SSSR count). The molecule has 2 N–H and O–H groups in total. The molecule has 9 heteroatoms. The van der Waals surface area contributed by atoms with Gasteiger partial charge in [-0.25, -0.2) is 4.79 Å². The van der Waals surface area contributed by atoms with Crippen LogP contribution >= 0.6 is 0 Å². The highest BCUT2D eigenvalue weighted by Gasteiger charge is 2.31. The lowest BCUT2D eigenvalue weighted by atomic mass is 10.1. The number of rotatable bonds is 8. The summed E-state index contributed by atoms with van der Waals surface area (Å²) in [6, 6.07) is 7.93. The minimum Gasteiger partial charge on any atom is -0.468 e. The van der Waals surface area contributed by atoms with Gasteiger partial charge in [-0.3, -0.25) is 14.4 Å². The van der Waals surface area contributed by atoms with Crippen molar-refractivity contribution in [2.45, 2.75) is 51.9 Å². The van der Waals surface area contributed by atoms with Crippen molar-refractivity contribution < 1.29 is 33.4 Å². The molecule has 0 bridgehead atoms. The fraction of sp³-hybridized carbons (Fsp3) is 0.500. The molecule has 0 saturated heterocycles. The van der Waals surface area contributed by atoms with Crippen molar-refractivity contribution >= 4 is 23.9 Å². The average molecular weight is 408 g/mol. The molecule has 0 aliphatic heterocycles. The molecular formula is C20H28N2O7. The third-order valence-electron chi connectivity index (χ3n) is 3.54. The number of ether oxygens (including phenoxy) is 3. The van der Waals surface area contributed by atoms with Gasteiger partial charge in [0.25, 0.3) is 5.91 Å². The Morgan fingerprint density at radius 3 is 2.21 bits per heavy atom. The van der Waals surface area contributed by atoms with Gasteiger partial charge in [0, 0.05) is 0 Å². The summed E-state index contributed by atoms with van der Waals surface area (Å²) in [4.78, 5) is 48.1. The van der Waals surface area contributed by atoms with E-state index in [4.69, 9.17) is 9.47 Å². The van der Waals surface area contributed by atoms with Crippen LogP contribution in [0.5, 0.6) is 0 Å². The molecule has 0 radical (unpaired) electrons. The van der Waals surface area contributed by atoms with E-state index in [9.17, 15) is 19.2 Å². The summed E-state index contributed by atoms with van der Waals surface area (Å²) in [6.45, 7) is 6.16. The summed E-state index contributed by atoms with van der Waals surface area (Å²) in [6.07, 6.45) is -2.20. The lowest BCUT2D eigenvalue weighted by Crippen LogP contribution is -2.52. The minimum atomic E-state index is -1.37. The van der Waals surface area contributed by atoms with Gasteiger partial charge < -0.3 is 24.8 Å². The Morgan fingerprint density at radius 1 is 1.03 bits per heavy atom. The zero-order valence-electron chi connectivity index (χ0n) is 17.3. The van der Waals surface area contributed by atoms with Crippen LogP contribution in [0.1, 0.15) is 33.3 Å². The molecule has 160 valence electrons. The minimum absolute atomic E-state index is 0.0548. The maximum Gasteiger partial charge on any atom is 0.408 e. The largest absolute Gasteiger partial charge is 0.468 e. The topological polar surface area (TPSA) is 120 Å². The molecule has 0 aliphatic carbocycles. The van der Waals surface area contributed by atoms with E-state index >= 15 is 0 Å². The van der Waals surface area contributed by atoms with Crippen molar-refractivity contribution in [3.8, 4) is 0 Å². The number of hydrogen-bond acceptors (Lipinski definition) is 7. The van der Waals surface area contributed by atoms with Gasteiger partial charge in [0.1, 0.15) is 12.1 Å². The first-order chi connectivity index (χ1) is 13.5. The number of esters is 2. The predicted octanol–water partition coefficient (Wildman–Crippen LogP) is 1.34. The average Bonchev–Trinajstić information content (AvgIpc) is 2.62. The van der Waals surface area contributed by atoms with E-state index in [1.807, 2.05) is 6.07 Å². The first kappa shape index (κ1) is 23.9.